The molecular formula is C15H20N4O6S2. The third-order valence-corrected chi connectivity index (χ3v) is 6.58. The number of ether oxygens (including phenoxy) is 1. The number of aliphatic carboxylic acids is 1. The molecule has 148 valence electrons. The van der Waals surface area contributed by atoms with E-state index >= 15 is 0 Å². The number of fused-ring (bicyclic) bond motifs is 1. The molecule has 0 spiro atoms. The Balaban J connectivity index is 2.01. The Hall–Kier alpha value is -1.89. The third-order valence-electron chi connectivity index (χ3n) is 4.19. The van der Waals surface area contributed by atoms with E-state index in [-0.39, 0.29) is 22.7 Å². The summed E-state index contributed by atoms with van der Waals surface area (Å²) in [5, 5.41) is 18.9. The minimum absolute atomic E-state index is 0.0518. The first kappa shape index (κ1) is 19.9. The molecule has 12 heteroatoms. The molecule has 0 aliphatic carbocycles. The summed E-state index contributed by atoms with van der Waals surface area (Å²) in [7, 11) is 0. The summed E-state index contributed by atoms with van der Waals surface area (Å²) in [6.07, 6.45) is 0.169. The van der Waals surface area contributed by atoms with Crippen molar-refractivity contribution in [3.63, 3.8) is 0 Å². The van der Waals surface area contributed by atoms with Crippen molar-refractivity contribution in [1.82, 2.24) is 14.5 Å². The van der Waals surface area contributed by atoms with Crippen molar-refractivity contribution < 1.29 is 19.7 Å². The molecule has 3 heterocycles. The van der Waals surface area contributed by atoms with E-state index in [1.165, 1.54) is 16.3 Å². The Labute approximate surface area is 161 Å². The number of nitrogen functional groups attached to an aromatic ring is 1. The van der Waals surface area contributed by atoms with Crippen LogP contribution in [0.4, 0.5) is 5.95 Å². The number of thiazole rings is 1. The lowest BCUT2D eigenvalue weighted by Gasteiger charge is -2.19. The number of unbranched alkanes of at least 4 members (excludes halogenated alkanes) is 1. The van der Waals surface area contributed by atoms with Crippen LogP contribution in [-0.2, 0) is 9.53 Å². The summed E-state index contributed by atoms with van der Waals surface area (Å²) < 4.78 is 7.13. The number of carboxylic acid groups (broad SMARTS) is 1. The standard InChI is InChI=1S/C15H20N4O6S2/c1-2-3-4-6(20)13-25-12(7(26-13)5-8(21)22)19-10-9(27-15(19)24)11(23)18-14(16)17-10/h6-7,12-13,20H,2-5H2,1H3,(H,21,22)(H3,16,17,18,23). The number of aromatic nitrogens is 3. The number of carbonyl (C=O) groups is 1. The summed E-state index contributed by atoms with van der Waals surface area (Å²) >= 11 is 1.87. The van der Waals surface area contributed by atoms with Crippen LogP contribution in [0.15, 0.2) is 9.59 Å². The zero-order chi connectivity index (χ0) is 19.7. The maximum atomic E-state index is 12.5. The van der Waals surface area contributed by atoms with E-state index in [0.717, 1.165) is 12.8 Å². The van der Waals surface area contributed by atoms with Crippen LogP contribution in [0.2, 0.25) is 0 Å². The molecule has 0 aromatic carbocycles. The second-order valence-corrected chi connectivity index (χ2v) is 8.52. The van der Waals surface area contributed by atoms with Crippen molar-refractivity contribution in [3.8, 4) is 0 Å². The highest BCUT2D eigenvalue weighted by Gasteiger charge is 2.43. The Morgan fingerprint density at radius 1 is 1.48 bits per heavy atom. The van der Waals surface area contributed by atoms with Gasteiger partial charge in [-0.05, 0) is 6.42 Å². The van der Waals surface area contributed by atoms with Crippen LogP contribution >= 0.6 is 23.1 Å². The number of nitrogens with two attached hydrogens (primary N) is 1. The first-order valence-corrected chi connectivity index (χ1v) is 10.2. The number of aromatic amines is 1. The smallest absolute Gasteiger partial charge is 0.311 e. The number of carboxylic acids is 1. The van der Waals surface area contributed by atoms with E-state index in [1.807, 2.05) is 6.92 Å². The van der Waals surface area contributed by atoms with Crippen molar-refractivity contribution in [1.29, 1.82) is 0 Å². The Kier molecular flexibility index (Phi) is 5.89. The van der Waals surface area contributed by atoms with Crippen molar-refractivity contribution in [2.24, 2.45) is 0 Å². The molecule has 0 saturated carbocycles. The van der Waals surface area contributed by atoms with Crippen LogP contribution in [-0.4, -0.2) is 47.5 Å². The fourth-order valence-electron chi connectivity index (χ4n) is 2.95. The molecule has 2 aromatic heterocycles. The molecule has 0 amide bonds. The number of anilines is 1. The van der Waals surface area contributed by atoms with E-state index in [0.29, 0.717) is 17.8 Å². The van der Waals surface area contributed by atoms with Gasteiger partial charge in [-0.15, -0.1) is 11.8 Å². The molecule has 3 rings (SSSR count). The molecule has 4 atom stereocenters. The van der Waals surface area contributed by atoms with Gasteiger partial charge < -0.3 is 20.7 Å². The number of rotatable bonds is 7. The highest BCUT2D eigenvalue weighted by atomic mass is 32.2. The van der Waals surface area contributed by atoms with Gasteiger partial charge in [0.25, 0.3) is 5.56 Å². The molecule has 0 radical (unpaired) electrons. The number of nitrogens with one attached hydrogen (secondary N) is 1. The fraction of sp³-hybridized carbons (Fsp3) is 0.600. The molecular weight excluding hydrogens is 396 g/mol. The lowest BCUT2D eigenvalue weighted by Crippen LogP contribution is -2.29. The molecule has 5 N–H and O–H groups in total. The van der Waals surface area contributed by atoms with Gasteiger partial charge in [-0.2, -0.15) is 4.98 Å². The zero-order valence-electron chi connectivity index (χ0n) is 14.5. The predicted octanol–water partition coefficient (Wildman–Crippen LogP) is 0.711. The van der Waals surface area contributed by atoms with Crippen LogP contribution in [0.3, 0.4) is 0 Å². The summed E-state index contributed by atoms with van der Waals surface area (Å²) in [5.41, 5.74) is 4.42. The maximum Gasteiger partial charge on any atom is 0.311 e. The van der Waals surface area contributed by atoms with Gasteiger partial charge in [-0.25, -0.2) is 0 Å². The van der Waals surface area contributed by atoms with Gasteiger partial charge in [0.15, 0.2) is 11.9 Å². The number of hydrogen-bond donors (Lipinski definition) is 4. The van der Waals surface area contributed by atoms with Crippen molar-refractivity contribution in [2.75, 3.05) is 5.73 Å². The Morgan fingerprint density at radius 2 is 2.22 bits per heavy atom. The molecule has 4 unspecified atom stereocenters. The Morgan fingerprint density at radius 3 is 2.89 bits per heavy atom. The number of thioether (sulfide) groups is 1. The molecule has 1 fully saturated rings. The first-order valence-electron chi connectivity index (χ1n) is 8.43. The molecule has 1 aliphatic rings. The number of nitrogens with zero attached hydrogens (tertiary/aromatic N) is 2. The molecule has 1 aliphatic heterocycles. The summed E-state index contributed by atoms with van der Waals surface area (Å²) in [4.78, 5) is 41.7. The van der Waals surface area contributed by atoms with Crippen LogP contribution in [0, 0.1) is 0 Å². The monoisotopic (exact) mass is 416 g/mol. The van der Waals surface area contributed by atoms with E-state index < -0.39 is 39.4 Å². The minimum atomic E-state index is -1.05. The van der Waals surface area contributed by atoms with Crippen LogP contribution in [0.5, 0.6) is 0 Å². The molecule has 27 heavy (non-hydrogen) atoms. The van der Waals surface area contributed by atoms with Crippen molar-refractivity contribution >= 4 is 45.4 Å². The fourth-order valence-corrected chi connectivity index (χ4v) is 5.19. The van der Waals surface area contributed by atoms with Gasteiger partial charge in [-0.1, -0.05) is 31.1 Å². The first-order chi connectivity index (χ1) is 12.8. The maximum absolute atomic E-state index is 12.5. The predicted molar refractivity (Wildman–Crippen MR) is 102 cm³/mol. The average Bonchev–Trinajstić information content (AvgIpc) is 3.12. The quantitative estimate of drug-likeness (QED) is 0.509. The highest BCUT2D eigenvalue weighted by molar-refractivity contribution is 8.00. The zero-order valence-corrected chi connectivity index (χ0v) is 16.1. The SMILES string of the molecule is CCCCC(O)C1OC(n2c(=O)sc3c(=O)[nH]c(N)nc32)C(CC(=O)O)S1. The van der Waals surface area contributed by atoms with E-state index in [4.69, 9.17) is 10.5 Å². The summed E-state index contributed by atoms with van der Waals surface area (Å²) in [6.45, 7) is 2.00. The van der Waals surface area contributed by atoms with Gasteiger partial charge in [0.2, 0.25) is 5.95 Å². The normalized spacial score (nSPS) is 23.7. The van der Waals surface area contributed by atoms with E-state index in [1.54, 1.807) is 0 Å². The van der Waals surface area contributed by atoms with Gasteiger partial charge in [0, 0.05) is 0 Å². The highest BCUT2D eigenvalue weighted by Crippen LogP contribution is 2.43. The second-order valence-electron chi connectivity index (χ2n) is 6.22. The lowest BCUT2D eigenvalue weighted by molar-refractivity contribution is -0.138. The van der Waals surface area contributed by atoms with Crippen molar-refractivity contribution in [2.45, 2.75) is 55.6 Å². The third kappa shape index (κ3) is 4.03. The second kappa shape index (κ2) is 8.00. The van der Waals surface area contributed by atoms with Crippen LogP contribution in [0.25, 0.3) is 10.3 Å². The lowest BCUT2D eigenvalue weighted by atomic mass is 10.2. The average molecular weight is 416 g/mol. The van der Waals surface area contributed by atoms with Gasteiger partial charge in [0.05, 0.1) is 17.8 Å². The van der Waals surface area contributed by atoms with Crippen LogP contribution in [0.1, 0.15) is 38.8 Å². The minimum Gasteiger partial charge on any atom is -0.481 e. The Bertz CT molecular complexity index is 954. The van der Waals surface area contributed by atoms with Crippen LogP contribution < -0.4 is 16.2 Å². The van der Waals surface area contributed by atoms with E-state index in [2.05, 4.69) is 9.97 Å². The largest absolute Gasteiger partial charge is 0.481 e. The molecule has 1 saturated heterocycles. The van der Waals surface area contributed by atoms with Gasteiger partial charge in [0.1, 0.15) is 10.1 Å². The van der Waals surface area contributed by atoms with Gasteiger partial charge >= 0.3 is 10.8 Å². The number of aliphatic hydroxyl groups excluding tert-OH is 1. The molecule has 0 bridgehead atoms. The van der Waals surface area contributed by atoms with Gasteiger partial charge in [-0.3, -0.25) is 23.9 Å². The summed E-state index contributed by atoms with van der Waals surface area (Å²) in [5.74, 6) is -1.21. The number of aliphatic hydroxyl groups is 1. The number of hydrogen-bond acceptors (Lipinski definition) is 9. The van der Waals surface area contributed by atoms with Crippen molar-refractivity contribution in [3.05, 3.63) is 20.0 Å². The molecule has 2 aromatic rings. The number of H-pyrrole nitrogens is 1. The molecule has 10 nitrogen and oxygen atoms in total. The van der Waals surface area contributed by atoms with E-state index in [9.17, 15) is 24.6 Å². The topological polar surface area (TPSA) is 161 Å². The summed E-state index contributed by atoms with van der Waals surface area (Å²) in [6, 6.07) is 0.